The highest BCUT2D eigenvalue weighted by atomic mass is 79.9. The second-order valence-corrected chi connectivity index (χ2v) is 8.42. The van der Waals surface area contributed by atoms with Gasteiger partial charge in [-0.3, -0.25) is 4.79 Å². The van der Waals surface area contributed by atoms with Crippen molar-refractivity contribution in [3.05, 3.63) is 73.7 Å². The van der Waals surface area contributed by atoms with Gasteiger partial charge in [-0.15, -0.1) is 11.3 Å². The molecule has 9 heteroatoms. The first-order valence-corrected chi connectivity index (χ1v) is 10.3. The highest BCUT2D eigenvalue weighted by molar-refractivity contribution is 9.10. The first-order valence-electron chi connectivity index (χ1n) is 8.64. The van der Waals surface area contributed by atoms with Gasteiger partial charge in [0.05, 0.1) is 12.0 Å². The molecule has 0 spiro atoms. The number of rotatable bonds is 5. The Morgan fingerprint density at radius 2 is 1.93 bits per heavy atom. The number of fused-ring (bicyclic) bond motifs is 1. The molecule has 0 radical (unpaired) electrons. The van der Waals surface area contributed by atoms with Crippen molar-refractivity contribution in [2.45, 2.75) is 13.3 Å². The molecule has 2 aromatic heterocycles. The van der Waals surface area contributed by atoms with Crippen LogP contribution in [0.1, 0.15) is 31.5 Å². The number of hydrogen-bond acceptors (Lipinski definition) is 5. The minimum atomic E-state index is -1.34. The summed E-state index contributed by atoms with van der Waals surface area (Å²) in [6.07, 6.45) is -0.295. The second kappa shape index (κ2) is 7.73. The number of oxazole rings is 1. The maximum absolute atomic E-state index is 14.4. The van der Waals surface area contributed by atoms with Crippen LogP contribution in [0.25, 0.3) is 22.2 Å². The fourth-order valence-electron chi connectivity index (χ4n) is 3.06. The molecule has 0 unspecified atom stereocenters. The number of benzene rings is 2. The largest absolute Gasteiger partial charge is 0.478 e. The molecule has 0 saturated carbocycles. The standard InChI is InChI=1S/C21H12BrF2NO4S/c1-9-2-4-11(19(24)18(9)23)12-8-30-16(17(12)21(27)28)7-14(26)20-25-13-6-10(22)3-5-15(13)29-20/h2-6,8H,7H2,1H3,(H,27,28). The molecule has 0 saturated heterocycles. The quantitative estimate of drug-likeness (QED) is 0.344. The topological polar surface area (TPSA) is 80.4 Å². The first kappa shape index (κ1) is 20.4. The number of nitrogens with zero attached hydrogens (tertiary/aromatic N) is 1. The maximum atomic E-state index is 14.4. The van der Waals surface area contributed by atoms with Crippen LogP contribution in [-0.2, 0) is 6.42 Å². The predicted octanol–water partition coefficient (Wildman–Crippen LogP) is 6.03. The molecule has 0 bridgehead atoms. The zero-order valence-corrected chi connectivity index (χ0v) is 17.7. The number of aryl methyl sites for hydroxylation is 1. The molecular weight excluding hydrogens is 480 g/mol. The van der Waals surface area contributed by atoms with Gasteiger partial charge in [0.2, 0.25) is 5.78 Å². The number of carboxylic acid groups (broad SMARTS) is 1. The molecule has 5 nitrogen and oxygen atoms in total. The third-order valence-corrected chi connectivity index (χ3v) is 6.04. The van der Waals surface area contributed by atoms with Gasteiger partial charge >= 0.3 is 5.97 Å². The third-order valence-electron chi connectivity index (χ3n) is 4.56. The fourth-order valence-corrected chi connectivity index (χ4v) is 4.44. The monoisotopic (exact) mass is 491 g/mol. The zero-order valence-electron chi connectivity index (χ0n) is 15.3. The van der Waals surface area contributed by atoms with Crippen molar-refractivity contribution in [3.63, 3.8) is 0 Å². The SMILES string of the molecule is Cc1ccc(-c2csc(CC(=O)c3nc4cc(Br)ccc4o3)c2C(=O)O)c(F)c1F. The number of thiophene rings is 1. The van der Waals surface area contributed by atoms with E-state index >= 15 is 0 Å². The molecule has 2 heterocycles. The van der Waals surface area contributed by atoms with E-state index in [1.807, 2.05) is 0 Å². The molecule has 30 heavy (non-hydrogen) atoms. The van der Waals surface area contributed by atoms with Gasteiger partial charge in [0.25, 0.3) is 5.89 Å². The molecule has 0 amide bonds. The van der Waals surface area contributed by atoms with Crippen LogP contribution in [0.4, 0.5) is 8.78 Å². The zero-order chi connectivity index (χ0) is 21.6. The minimum Gasteiger partial charge on any atom is -0.478 e. The maximum Gasteiger partial charge on any atom is 0.337 e. The Labute approximate surface area is 181 Å². The van der Waals surface area contributed by atoms with Crippen LogP contribution < -0.4 is 0 Å². The minimum absolute atomic E-state index is 0.0215. The Morgan fingerprint density at radius 1 is 1.17 bits per heavy atom. The van der Waals surface area contributed by atoms with Crippen LogP contribution in [-0.4, -0.2) is 21.8 Å². The summed E-state index contributed by atoms with van der Waals surface area (Å²) < 4.78 is 34.6. The van der Waals surface area contributed by atoms with Crippen LogP contribution in [0.3, 0.4) is 0 Å². The molecule has 0 fully saturated rings. The van der Waals surface area contributed by atoms with Gasteiger partial charge in [-0.1, -0.05) is 28.1 Å². The molecular formula is C21H12BrF2NO4S. The third kappa shape index (κ3) is 3.54. The average molecular weight is 492 g/mol. The van der Waals surface area contributed by atoms with Crippen molar-refractivity contribution in [2.24, 2.45) is 0 Å². The summed E-state index contributed by atoms with van der Waals surface area (Å²) in [5.74, 6) is -4.17. The first-order chi connectivity index (χ1) is 14.3. The van der Waals surface area contributed by atoms with Gasteiger partial charge in [-0.25, -0.2) is 18.6 Å². The summed E-state index contributed by atoms with van der Waals surface area (Å²) >= 11 is 4.29. The number of aromatic nitrogens is 1. The molecule has 1 N–H and O–H groups in total. The van der Waals surface area contributed by atoms with Crippen LogP contribution >= 0.6 is 27.3 Å². The van der Waals surface area contributed by atoms with Crippen molar-refractivity contribution in [3.8, 4) is 11.1 Å². The van der Waals surface area contributed by atoms with Crippen molar-refractivity contribution in [2.75, 3.05) is 0 Å². The van der Waals surface area contributed by atoms with E-state index in [4.69, 9.17) is 4.42 Å². The van der Waals surface area contributed by atoms with Gasteiger partial charge in [-0.2, -0.15) is 0 Å². The summed E-state index contributed by atoms with van der Waals surface area (Å²) in [6.45, 7) is 1.41. The average Bonchev–Trinajstić information content (AvgIpc) is 3.30. The van der Waals surface area contributed by atoms with Gasteiger partial charge in [-0.05, 0) is 36.1 Å². The van der Waals surface area contributed by atoms with Crippen LogP contribution in [0.2, 0.25) is 0 Å². The number of halogens is 3. The van der Waals surface area contributed by atoms with E-state index in [0.717, 1.165) is 15.8 Å². The van der Waals surface area contributed by atoms with Crippen LogP contribution in [0.5, 0.6) is 0 Å². The van der Waals surface area contributed by atoms with Crippen molar-refractivity contribution >= 4 is 50.1 Å². The van der Waals surface area contributed by atoms with E-state index < -0.39 is 23.4 Å². The molecule has 0 aliphatic rings. The Morgan fingerprint density at radius 3 is 2.67 bits per heavy atom. The number of carboxylic acids is 1. The lowest BCUT2D eigenvalue weighted by Crippen LogP contribution is -2.08. The highest BCUT2D eigenvalue weighted by Gasteiger charge is 2.26. The Hall–Kier alpha value is -2.91. The van der Waals surface area contributed by atoms with E-state index in [9.17, 15) is 23.5 Å². The van der Waals surface area contributed by atoms with E-state index in [-0.39, 0.29) is 39.4 Å². The molecule has 0 aliphatic carbocycles. The summed E-state index contributed by atoms with van der Waals surface area (Å²) in [7, 11) is 0. The Balaban J connectivity index is 1.72. The molecule has 0 atom stereocenters. The fraction of sp³-hybridized carbons (Fsp3) is 0.0952. The van der Waals surface area contributed by atoms with Crippen LogP contribution in [0.15, 0.2) is 44.6 Å². The van der Waals surface area contributed by atoms with E-state index in [1.54, 1.807) is 18.2 Å². The van der Waals surface area contributed by atoms with Gasteiger partial charge < -0.3 is 9.52 Å². The van der Waals surface area contributed by atoms with Crippen LogP contribution in [0, 0.1) is 18.6 Å². The number of Topliss-reactive ketones (excluding diaryl/α,β-unsaturated/α-hetero) is 1. The van der Waals surface area contributed by atoms with Crippen molar-refractivity contribution in [1.29, 1.82) is 0 Å². The van der Waals surface area contributed by atoms with E-state index in [0.29, 0.717) is 11.1 Å². The number of aromatic carboxylic acids is 1. The predicted molar refractivity (Wildman–Crippen MR) is 111 cm³/mol. The number of carbonyl (C=O) groups excluding carboxylic acids is 1. The summed E-state index contributed by atoms with van der Waals surface area (Å²) in [5, 5.41) is 11.1. The lowest BCUT2D eigenvalue weighted by atomic mass is 9.99. The smallest absolute Gasteiger partial charge is 0.337 e. The van der Waals surface area contributed by atoms with Gasteiger partial charge in [0.15, 0.2) is 17.2 Å². The lowest BCUT2D eigenvalue weighted by Gasteiger charge is -2.07. The summed E-state index contributed by atoms with van der Waals surface area (Å²) in [5.41, 5.74) is 0.625. The van der Waals surface area contributed by atoms with E-state index in [1.165, 1.54) is 24.4 Å². The second-order valence-electron chi connectivity index (χ2n) is 6.54. The molecule has 152 valence electrons. The highest BCUT2D eigenvalue weighted by Crippen LogP contribution is 2.35. The van der Waals surface area contributed by atoms with Gasteiger partial charge in [0.1, 0.15) is 5.52 Å². The van der Waals surface area contributed by atoms with Crippen molar-refractivity contribution < 1.29 is 27.9 Å². The molecule has 2 aromatic carbocycles. The normalized spacial score (nSPS) is 11.2. The summed E-state index contributed by atoms with van der Waals surface area (Å²) in [6, 6.07) is 7.79. The molecule has 0 aliphatic heterocycles. The molecule has 4 aromatic rings. The van der Waals surface area contributed by atoms with Crippen molar-refractivity contribution in [1.82, 2.24) is 4.98 Å². The Kier molecular flexibility index (Phi) is 5.25. The number of carbonyl (C=O) groups is 2. The van der Waals surface area contributed by atoms with E-state index in [2.05, 4.69) is 20.9 Å². The molecule has 4 rings (SSSR count). The number of hydrogen-bond donors (Lipinski definition) is 1. The summed E-state index contributed by atoms with van der Waals surface area (Å²) in [4.78, 5) is 28.9. The Bertz CT molecular complexity index is 1330. The number of ketones is 1. The lowest BCUT2D eigenvalue weighted by molar-refractivity contribution is 0.0697. The van der Waals surface area contributed by atoms with Gasteiger partial charge in [0, 0.05) is 20.5 Å².